The van der Waals surface area contributed by atoms with Crippen LogP contribution in [0.3, 0.4) is 0 Å². The Labute approximate surface area is 209 Å². The van der Waals surface area contributed by atoms with Crippen LogP contribution in [0.15, 0.2) is 96.0 Å². The first kappa shape index (κ1) is 24.1. The number of nitrogens with zero attached hydrogens (tertiary/aromatic N) is 2. The smallest absolute Gasteiger partial charge is 0.115 e. The molecule has 1 heterocycles. The Morgan fingerprint density at radius 3 is 2.24 bits per heavy atom. The molecule has 1 aromatic heterocycles. The molecule has 1 atom stereocenters. The molecule has 170 valence electrons. The number of hydrogen-bond acceptors (Lipinski definition) is 5. The Balaban J connectivity index is 1.56. The minimum Gasteiger partial charge on any atom is -0.391 e. The molecule has 1 N–H and O–H groups in total. The maximum atomic E-state index is 10.6. The molecular weight excluding hydrogens is 456 g/mol. The lowest BCUT2D eigenvalue weighted by atomic mass is 9.98. The minimum absolute atomic E-state index is 0.481. The molecule has 3 aromatic carbocycles. The second-order valence-electron chi connectivity index (χ2n) is 8.04. The molecule has 3 nitrogen and oxygen atoms in total. The molecular formula is C29H26N2OS2. The van der Waals surface area contributed by atoms with Gasteiger partial charge in [-0.05, 0) is 24.1 Å². The van der Waals surface area contributed by atoms with Gasteiger partial charge >= 0.3 is 0 Å². The maximum absolute atomic E-state index is 10.6. The number of aliphatic hydroxyl groups excluding tert-OH is 1. The van der Waals surface area contributed by atoms with Crippen LogP contribution < -0.4 is 0 Å². The van der Waals surface area contributed by atoms with Gasteiger partial charge in [0.15, 0.2) is 0 Å². The third kappa shape index (κ3) is 6.30. The van der Waals surface area contributed by atoms with Crippen molar-refractivity contribution in [2.75, 3.05) is 11.5 Å². The molecule has 5 heteroatoms. The minimum atomic E-state index is -0.490. The van der Waals surface area contributed by atoms with Crippen LogP contribution in [0.4, 0.5) is 0 Å². The summed E-state index contributed by atoms with van der Waals surface area (Å²) in [5, 5.41) is 21.3. The predicted octanol–water partition coefficient (Wildman–Crippen LogP) is 6.98. The third-order valence-corrected chi connectivity index (χ3v) is 7.64. The lowest BCUT2D eigenvalue weighted by Gasteiger charge is -2.14. The standard InChI is InChI=1S/C29H26N2OS2/c1-21-12-14-23(15-13-21)26-16-28(24-10-6-3-7-11-24)31-29(27(26)17-30)34-20-25(32)19-33-18-22-8-4-2-5-9-22/h2-16,25,32H,18-20H2,1H3. The normalized spacial score (nSPS) is 11.7. The van der Waals surface area contributed by atoms with Crippen molar-refractivity contribution in [3.05, 3.63) is 108 Å². The predicted molar refractivity (Wildman–Crippen MR) is 144 cm³/mol. The number of rotatable bonds is 9. The number of pyridine rings is 1. The van der Waals surface area contributed by atoms with E-state index in [1.807, 2.05) is 66.7 Å². The molecule has 4 rings (SSSR count). The van der Waals surface area contributed by atoms with Crippen LogP contribution in [0.2, 0.25) is 0 Å². The summed E-state index contributed by atoms with van der Waals surface area (Å²) in [5.74, 6) is 1.98. The fourth-order valence-corrected chi connectivity index (χ4v) is 5.58. The summed E-state index contributed by atoms with van der Waals surface area (Å²) in [6.45, 7) is 2.05. The Bertz CT molecular complexity index is 1250. The van der Waals surface area contributed by atoms with Gasteiger partial charge in [0.05, 0.1) is 17.4 Å². The Morgan fingerprint density at radius 2 is 1.56 bits per heavy atom. The highest BCUT2D eigenvalue weighted by atomic mass is 32.2. The van der Waals surface area contributed by atoms with Crippen LogP contribution >= 0.6 is 23.5 Å². The van der Waals surface area contributed by atoms with Gasteiger partial charge in [-0.1, -0.05) is 90.5 Å². The molecule has 1 unspecified atom stereocenters. The number of aliphatic hydroxyl groups is 1. The summed E-state index contributed by atoms with van der Waals surface area (Å²) >= 11 is 3.16. The van der Waals surface area contributed by atoms with E-state index < -0.39 is 6.10 Å². The highest BCUT2D eigenvalue weighted by Crippen LogP contribution is 2.34. The van der Waals surface area contributed by atoms with Gasteiger partial charge in [0.25, 0.3) is 0 Å². The third-order valence-electron chi connectivity index (χ3n) is 5.36. The van der Waals surface area contributed by atoms with Gasteiger partial charge in [-0.15, -0.1) is 11.8 Å². The molecule has 0 aliphatic carbocycles. The highest BCUT2D eigenvalue weighted by molar-refractivity contribution is 7.99. The van der Waals surface area contributed by atoms with E-state index in [2.05, 4.69) is 37.3 Å². The highest BCUT2D eigenvalue weighted by Gasteiger charge is 2.17. The molecule has 4 aromatic rings. The zero-order valence-electron chi connectivity index (χ0n) is 19.0. The number of thioether (sulfide) groups is 2. The van der Waals surface area contributed by atoms with E-state index in [1.54, 1.807) is 11.8 Å². The first-order valence-corrected chi connectivity index (χ1v) is 13.3. The van der Waals surface area contributed by atoms with E-state index in [0.717, 1.165) is 28.1 Å². The molecule has 0 radical (unpaired) electrons. The maximum Gasteiger partial charge on any atom is 0.115 e. The summed E-state index contributed by atoms with van der Waals surface area (Å²) in [5.41, 5.74) is 6.66. The summed E-state index contributed by atoms with van der Waals surface area (Å²) in [6, 6.07) is 32.8. The second kappa shape index (κ2) is 11.9. The summed E-state index contributed by atoms with van der Waals surface area (Å²) in [7, 11) is 0. The Morgan fingerprint density at radius 1 is 0.882 bits per heavy atom. The zero-order valence-corrected chi connectivity index (χ0v) is 20.7. The first-order chi connectivity index (χ1) is 16.6. The lowest BCUT2D eigenvalue weighted by molar-refractivity contribution is 0.225. The van der Waals surface area contributed by atoms with Crippen molar-refractivity contribution >= 4 is 23.5 Å². The first-order valence-electron chi connectivity index (χ1n) is 11.1. The monoisotopic (exact) mass is 482 g/mol. The van der Waals surface area contributed by atoms with Gasteiger partial charge in [-0.25, -0.2) is 4.98 Å². The van der Waals surface area contributed by atoms with Crippen molar-refractivity contribution in [2.45, 2.75) is 23.8 Å². The summed E-state index contributed by atoms with van der Waals surface area (Å²) in [4.78, 5) is 4.84. The SMILES string of the molecule is Cc1ccc(-c2cc(-c3ccccc3)nc(SCC(O)CSCc3ccccc3)c2C#N)cc1. The van der Waals surface area contributed by atoms with Gasteiger partial charge in [0.2, 0.25) is 0 Å². The van der Waals surface area contributed by atoms with E-state index in [-0.39, 0.29) is 0 Å². The van der Waals surface area contributed by atoms with Crippen molar-refractivity contribution in [3.63, 3.8) is 0 Å². The van der Waals surface area contributed by atoms with Gasteiger partial charge in [0.1, 0.15) is 11.1 Å². The van der Waals surface area contributed by atoms with Crippen molar-refractivity contribution in [2.24, 2.45) is 0 Å². The molecule has 34 heavy (non-hydrogen) atoms. The molecule has 0 saturated heterocycles. The Kier molecular flexibility index (Phi) is 8.43. The van der Waals surface area contributed by atoms with Crippen molar-refractivity contribution in [1.29, 1.82) is 5.26 Å². The van der Waals surface area contributed by atoms with E-state index in [0.29, 0.717) is 22.1 Å². The van der Waals surface area contributed by atoms with Crippen LogP contribution in [-0.2, 0) is 5.75 Å². The average molecular weight is 483 g/mol. The van der Waals surface area contributed by atoms with E-state index in [4.69, 9.17) is 4.98 Å². The fourth-order valence-electron chi connectivity index (χ4n) is 3.56. The van der Waals surface area contributed by atoms with Gasteiger partial charge in [-0.2, -0.15) is 17.0 Å². The molecule has 0 aliphatic rings. The number of aryl methyl sites for hydroxylation is 1. The molecule has 0 bridgehead atoms. The Hall–Kier alpha value is -3.04. The zero-order chi connectivity index (χ0) is 23.8. The van der Waals surface area contributed by atoms with E-state index >= 15 is 0 Å². The molecule has 0 fully saturated rings. The molecule has 0 aliphatic heterocycles. The number of hydrogen-bond donors (Lipinski definition) is 1. The number of aromatic nitrogens is 1. The molecule has 0 amide bonds. The second-order valence-corrected chi connectivity index (χ2v) is 10.1. The van der Waals surface area contributed by atoms with Crippen LogP contribution in [0.5, 0.6) is 0 Å². The van der Waals surface area contributed by atoms with Crippen molar-refractivity contribution < 1.29 is 5.11 Å². The van der Waals surface area contributed by atoms with Crippen molar-refractivity contribution in [3.8, 4) is 28.5 Å². The lowest BCUT2D eigenvalue weighted by Crippen LogP contribution is -2.13. The van der Waals surface area contributed by atoms with Crippen LogP contribution in [-0.4, -0.2) is 27.7 Å². The van der Waals surface area contributed by atoms with Crippen LogP contribution in [0.25, 0.3) is 22.4 Å². The fraction of sp³-hybridized carbons (Fsp3) is 0.172. The van der Waals surface area contributed by atoms with Gasteiger partial charge in [0, 0.05) is 28.4 Å². The topological polar surface area (TPSA) is 56.9 Å². The quantitative estimate of drug-likeness (QED) is 0.261. The number of benzene rings is 3. The average Bonchev–Trinajstić information content (AvgIpc) is 2.88. The van der Waals surface area contributed by atoms with Gasteiger partial charge in [-0.3, -0.25) is 0 Å². The van der Waals surface area contributed by atoms with Crippen molar-refractivity contribution in [1.82, 2.24) is 4.98 Å². The molecule has 0 saturated carbocycles. The molecule has 0 spiro atoms. The number of nitriles is 1. The largest absolute Gasteiger partial charge is 0.391 e. The van der Waals surface area contributed by atoms with E-state index in [9.17, 15) is 10.4 Å². The van der Waals surface area contributed by atoms with Crippen LogP contribution in [0, 0.1) is 18.3 Å². The summed E-state index contributed by atoms with van der Waals surface area (Å²) in [6.07, 6.45) is -0.490. The van der Waals surface area contributed by atoms with Crippen LogP contribution in [0.1, 0.15) is 16.7 Å². The van der Waals surface area contributed by atoms with E-state index in [1.165, 1.54) is 22.9 Å². The van der Waals surface area contributed by atoms with Gasteiger partial charge < -0.3 is 5.11 Å². The summed E-state index contributed by atoms with van der Waals surface area (Å²) < 4.78 is 0.